The Morgan fingerprint density at radius 2 is 1.90 bits per heavy atom. The fraction of sp³-hybridized carbons (Fsp3) is 0.364. The lowest BCUT2D eigenvalue weighted by Gasteiger charge is -2.12. The van der Waals surface area contributed by atoms with Crippen LogP contribution in [0, 0.1) is 0 Å². The van der Waals surface area contributed by atoms with Gasteiger partial charge in [0.1, 0.15) is 12.4 Å². The maximum atomic E-state index is 12.5. The van der Waals surface area contributed by atoms with E-state index in [1.54, 1.807) is 12.6 Å². The van der Waals surface area contributed by atoms with Gasteiger partial charge in [-0.15, -0.1) is 0 Å². The number of amides is 2. The van der Waals surface area contributed by atoms with E-state index in [4.69, 9.17) is 14.7 Å². The maximum Gasteiger partial charge on any atom is 0.250 e. The van der Waals surface area contributed by atoms with Gasteiger partial charge in [0.15, 0.2) is 0 Å². The van der Waals surface area contributed by atoms with Crippen LogP contribution in [0.5, 0.6) is 5.75 Å². The molecule has 0 aliphatic rings. The molecular formula is C22H28N2O5. The fourth-order valence-electron chi connectivity index (χ4n) is 2.84. The number of rotatable bonds is 12. The van der Waals surface area contributed by atoms with Crippen LogP contribution in [0.4, 0.5) is 0 Å². The van der Waals surface area contributed by atoms with Gasteiger partial charge < -0.3 is 14.8 Å². The van der Waals surface area contributed by atoms with Crippen LogP contribution in [0.3, 0.4) is 0 Å². The summed E-state index contributed by atoms with van der Waals surface area (Å²) in [6.07, 6.45) is 4.04. The average Bonchev–Trinajstić information content (AvgIpc) is 2.75. The third-order valence-corrected chi connectivity index (χ3v) is 4.39. The van der Waals surface area contributed by atoms with E-state index in [1.807, 2.05) is 48.5 Å². The molecule has 7 nitrogen and oxygen atoms in total. The Balaban J connectivity index is 2.00. The molecule has 0 heterocycles. The number of methoxy groups -OCH3 is 1. The maximum absolute atomic E-state index is 12.5. The average molecular weight is 400 g/mol. The molecule has 2 aromatic carbocycles. The van der Waals surface area contributed by atoms with Crippen LogP contribution in [0.25, 0.3) is 10.8 Å². The van der Waals surface area contributed by atoms with Crippen molar-refractivity contribution in [3.8, 4) is 5.75 Å². The molecule has 2 amide bonds. The summed E-state index contributed by atoms with van der Waals surface area (Å²) in [7, 11) is 1.58. The van der Waals surface area contributed by atoms with E-state index in [0.717, 1.165) is 22.9 Å². The predicted molar refractivity (Wildman–Crippen MR) is 111 cm³/mol. The van der Waals surface area contributed by atoms with Crippen molar-refractivity contribution in [3.05, 3.63) is 54.1 Å². The summed E-state index contributed by atoms with van der Waals surface area (Å²) in [5.41, 5.74) is 2.14. The van der Waals surface area contributed by atoms with Crippen molar-refractivity contribution >= 4 is 22.6 Å². The quantitative estimate of drug-likeness (QED) is 0.220. The van der Waals surface area contributed by atoms with Crippen molar-refractivity contribution in [2.75, 3.05) is 26.9 Å². The van der Waals surface area contributed by atoms with Crippen LogP contribution in [-0.4, -0.2) is 43.9 Å². The van der Waals surface area contributed by atoms with Crippen LogP contribution in [-0.2, 0) is 14.3 Å². The zero-order valence-electron chi connectivity index (χ0n) is 16.6. The van der Waals surface area contributed by atoms with Crippen molar-refractivity contribution in [2.24, 2.45) is 0 Å². The number of ether oxygens (including phenoxy) is 2. The number of fused-ring (bicyclic) bond motifs is 1. The summed E-state index contributed by atoms with van der Waals surface area (Å²) in [6.45, 7) is 0.987. The van der Waals surface area contributed by atoms with Crippen molar-refractivity contribution in [3.63, 3.8) is 0 Å². The number of carbonyl (C=O) groups excluding carboxylic acids is 2. The third-order valence-electron chi connectivity index (χ3n) is 4.39. The molecule has 0 aliphatic carbocycles. The smallest absolute Gasteiger partial charge is 0.250 e. The Hall–Kier alpha value is -2.90. The largest absolute Gasteiger partial charge is 0.488 e. The van der Waals surface area contributed by atoms with E-state index in [9.17, 15) is 9.59 Å². The summed E-state index contributed by atoms with van der Waals surface area (Å²) in [6, 6.07) is 13.7. The standard InChI is InChI=1S/C22H28N2O5/c1-28-15-14-23-22(26)18(9-3-2-4-13-21(25)24-27)16-29-20-12-7-10-17-8-5-6-11-19(17)20/h5-12,27H,2-4,13-16H2,1H3,(H,23,26)(H,24,25). The fourth-order valence-corrected chi connectivity index (χ4v) is 2.84. The molecule has 0 aromatic heterocycles. The molecule has 0 aliphatic heterocycles. The van der Waals surface area contributed by atoms with E-state index in [2.05, 4.69) is 5.32 Å². The summed E-state index contributed by atoms with van der Waals surface area (Å²) < 4.78 is 10.9. The normalized spacial score (nSPS) is 11.3. The molecule has 0 saturated carbocycles. The number of unbranched alkanes of at least 4 members (excludes halogenated alkanes) is 2. The van der Waals surface area contributed by atoms with Gasteiger partial charge in [-0.3, -0.25) is 14.8 Å². The van der Waals surface area contributed by atoms with Gasteiger partial charge in [-0.25, -0.2) is 5.48 Å². The van der Waals surface area contributed by atoms with Gasteiger partial charge in [-0.2, -0.15) is 0 Å². The summed E-state index contributed by atoms with van der Waals surface area (Å²) in [5, 5.41) is 13.4. The minimum Gasteiger partial charge on any atom is -0.488 e. The van der Waals surface area contributed by atoms with Crippen molar-refractivity contribution in [1.82, 2.24) is 10.8 Å². The zero-order valence-corrected chi connectivity index (χ0v) is 16.6. The first-order valence-corrected chi connectivity index (χ1v) is 9.65. The van der Waals surface area contributed by atoms with E-state index < -0.39 is 5.91 Å². The first-order chi connectivity index (χ1) is 14.2. The van der Waals surface area contributed by atoms with Crippen molar-refractivity contribution < 1.29 is 24.3 Å². The first-order valence-electron chi connectivity index (χ1n) is 9.65. The van der Waals surface area contributed by atoms with Crippen molar-refractivity contribution in [2.45, 2.75) is 25.7 Å². The number of allylic oxidation sites excluding steroid dienone is 1. The second kappa shape index (κ2) is 12.5. The van der Waals surface area contributed by atoms with Crippen molar-refractivity contribution in [1.29, 1.82) is 0 Å². The van der Waals surface area contributed by atoms with Gasteiger partial charge in [0.25, 0.3) is 0 Å². The molecule has 0 fully saturated rings. The second-order valence-corrected chi connectivity index (χ2v) is 6.52. The first kappa shape index (κ1) is 22.4. The minimum absolute atomic E-state index is 0.143. The summed E-state index contributed by atoms with van der Waals surface area (Å²) in [5.74, 6) is 0.111. The molecule has 0 atom stereocenters. The molecule has 7 heteroatoms. The number of hydrogen-bond acceptors (Lipinski definition) is 5. The lowest BCUT2D eigenvalue weighted by Crippen LogP contribution is -2.30. The Bertz CT molecular complexity index is 830. The van der Waals surface area contributed by atoms with Gasteiger partial charge in [-0.05, 0) is 30.7 Å². The second-order valence-electron chi connectivity index (χ2n) is 6.52. The molecule has 29 heavy (non-hydrogen) atoms. The Labute approximate surface area is 170 Å². The topological polar surface area (TPSA) is 96.9 Å². The lowest BCUT2D eigenvalue weighted by molar-refractivity contribution is -0.129. The molecule has 0 unspecified atom stereocenters. The summed E-state index contributed by atoms with van der Waals surface area (Å²) >= 11 is 0. The molecule has 2 aromatic rings. The van der Waals surface area contributed by atoms with Crippen LogP contribution < -0.4 is 15.5 Å². The molecular weight excluding hydrogens is 372 g/mol. The monoisotopic (exact) mass is 400 g/mol. The van der Waals surface area contributed by atoms with Gasteiger partial charge >= 0.3 is 0 Å². The zero-order chi connectivity index (χ0) is 20.9. The number of hydroxylamine groups is 1. The number of nitrogens with one attached hydrogen (secondary N) is 2. The molecule has 156 valence electrons. The SMILES string of the molecule is COCCNC(=O)C(=CCCCCC(=O)NO)COc1cccc2ccccc12. The van der Waals surface area contributed by atoms with Crippen LogP contribution >= 0.6 is 0 Å². The van der Waals surface area contributed by atoms with Crippen LogP contribution in [0.2, 0.25) is 0 Å². The Morgan fingerprint density at radius 3 is 2.69 bits per heavy atom. The molecule has 0 radical (unpaired) electrons. The third kappa shape index (κ3) is 7.56. The van der Waals surface area contributed by atoms with Gasteiger partial charge in [0, 0.05) is 25.5 Å². The van der Waals surface area contributed by atoms with Gasteiger partial charge in [0.2, 0.25) is 11.8 Å². The highest BCUT2D eigenvalue weighted by Gasteiger charge is 2.11. The number of hydrogen-bond donors (Lipinski definition) is 3. The van der Waals surface area contributed by atoms with Crippen LogP contribution in [0.1, 0.15) is 25.7 Å². The van der Waals surface area contributed by atoms with Gasteiger partial charge in [0.05, 0.1) is 12.2 Å². The molecule has 0 bridgehead atoms. The minimum atomic E-state index is -0.411. The predicted octanol–water partition coefficient (Wildman–Crippen LogP) is 2.97. The van der Waals surface area contributed by atoms with E-state index in [1.165, 1.54) is 0 Å². The highest BCUT2D eigenvalue weighted by atomic mass is 16.5. The molecule has 3 N–H and O–H groups in total. The highest BCUT2D eigenvalue weighted by molar-refractivity contribution is 5.94. The molecule has 0 spiro atoms. The molecule has 0 saturated heterocycles. The Kier molecular flexibility index (Phi) is 9.68. The Morgan fingerprint density at radius 1 is 1.10 bits per heavy atom. The number of carbonyl (C=O) groups is 2. The van der Waals surface area contributed by atoms with Gasteiger partial charge in [-0.1, -0.05) is 42.5 Å². The van der Waals surface area contributed by atoms with E-state index >= 15 is 0 Å². The van der Waals surface area contributed by atoms with E-state index in [-0.39, 0.29) is 18.9 Å². The van der Waals surface area contributed by atoms with E-state index in [0.29, 0.717) is 31.6 Å². The number of benzene rings is 2. The molecule has 2 rings (SSSR count). The highest BCUT2D eigenvalue weighted by Crippen LogP contribution is 2.25. The lowest BCUT2D eigenvalue weighted by atomic mass is 10.1. The summed E-state index contributed by atoms with van der Waals surface area (Å²) in [4.78, 5) is 23.6. The van der Waals surface area contributed by atoms with Crippen LogP contribution in [0.15, 0.2) is 54.1 Å².